The predicted molar refractivity (Wildman–Crippen MR) is 65.6 cm³/mol. The Balaban J connectivity index is 2.85. The number of benzene rings is 1. The molecule has 84 valence electrons. The van der Waals surface area contributed by atoms with Crippen molar-refractivity contribution in [3.63, 3.8) is 0 Å². The van der Waals surface area contributed by atoms with E-state index in [0.717, 1.165) is 10.5 Å². The zero-order valence-corrected chi connectivity index (χ0v) is 10.6. The van der Waals surface area contributed by atoms with E-state index in [0.29, 0.717) is 0 Å². The molecular formula is C12H19NOS. The number of hydrogen-bond donors (Lipinski definition) is 1. The van der Waals surface area contributed by atoms with Crippen LogP contribution in [-0.2, 0) is 10.8 Å². The average Bonchev–Trinajstić information content (AvgIpc) is 2.26. The Morgan fingerprint density at radius 1 is 1.33 bits per heavy atom. The number of nitrogens with one attached hydrogen (secondary N) is 1. The van der Waals surface area contributed by atoms with Gasteiger partial charge in [-0.15, -0.1) is 0 Å². The molecule has 1 N–H and O–H groups in total. The molecule has 3 atom stereocenters. The van der Waals surface area contributed by atoms with Gasteiger partial charge in [-0.3, -0.25) is 4.21 Å². The van der Waals surface area contributed by atoms with E-state index < -0.39 is 10.8 Å². The van der Waals surface area contributed by atoms with Crippen molar-refractivity contribution in [1.29, 1.82) is 0 Å². The van der Waals surface area contributed by atoms with Crippen LogP contribution in [-0.4, -0.2) is 22.5 Å². The minimum atomic E-state index is -0.931. The molecule has 0 aliphatic rings. The molecule has 0 bridgehead atoms. The van der Waals surface area contributed by atoms with Crippen LogP contribution >= 0.6 is 0 Å². The zero-order valence-electron chi connectivity index (χ0n) is 9.78. The summed E-state index contributed by atoms with van der Waals surface area (Å²) in [5.41, 5.74) is 1.16. The van der Waals surface area contributed by atoms with Gasteiger partial charge >= 0.3 is 0 Å². The van der Waals surface area contributed by atoms with Gasteiger partial charge in [0.15, 0.2) is 0 Å². The van der Waals surface area contributed by atoms with Crippen LogP contribution in [0.3, 0.4) is 0 Å². The summed E-state index contributed by atoms with van der Waals surface area (Å²) in [5, 5.41) is 3.26. The van der Waals surface area contributed by atoms with Gasteiger partial charge in [0.05, 0.1) is 16.0 Å². The number of hydrogen-bond acceptors (Lipinski definition) is 2. The highest BCUT2D eigenvalue weighted by Crippen LogP contribution is 2.14. The van der Waals surface area contributed by atoms with Crippen LogP contribution in [0.5, 0.6) is 0 Å². The first-order valence-corrected chi connectivity index (χ1v) is 6.42. The van der Waals surface area contributed by atoms with E-state index in [1.54, 1.807) is 0 Å². The fraction of sp³-hybridized carbons (Fsp3) is 0.500. The lowest BCUT2D eigenvalue weighted by Gasteiger charge is -2.18. The van der Waals surface area contributed by atoms with E-state index in [1.807, 2.05) is 45.2 Å². The molecular weight excluding hydrogens is 206 g/mol. The maximum Gasteiger partial charge on any atom is 0.0573 e. The highest BCUT2D eigenvalue weighted by molar-refractivity contribution is 7.85. The minimum Gasteiger partial charge on any atom is -0.316 e. The first kappa shape index (κ1) is 12.4. The summed E-state index contributed by atoms with van der Waals surface area (Å²) >= 11 is 0. The van der Waals surface area contributed by atoms with Gasteiger partial charge in [-0.05, 0) is 45.5 Å². The van der Waals surface area contributed by atoms with E-state index >= 15 is 0 Å². The zero-order chi connectivity index (χ0) is 11.4. The quantitative estimate of drug-likeness (QED) is 0.850. The molecule has 0 aliphatic carbocycles. The van der Waals surface area contributed by atoms with Gasteiger partial charge < -0.3 is 5.32 Å². The van der Waals surface area contributed by atoms with Crippen molar-refractivity contribution in [2.45, 2.75) is 37.0 Å². The topological polar surface area (TPSA) is 29.1 Å². The van der Waals surface area contributed by atoms with E-state index in [4.69, 9.17) is 0 Å². The van der Waals surface area contributed by atoms with Crippen molar-refractivity contribution in [3.8, 4) is 0 Å². The average molecular weight is 225 g/mol. The molecule has 3 unspecified atom stereocenters. The summed E-state index contributed by atoms with van der Waals surface area (Å²) < 4.78 is 12.2. The van der Waals surface area contributed by atoms with Crippen LogP contribution in [0.4, 0.5) is 0 Å². The highest BCUT2D eigenvalue weighted by Gasteiger charge is 2.18. The van der Waals surface area contributed by atoms with E-state index in [9.17, 15) is 4.21 Å². The molecule has 1 aromatic carbocycles. The molecule has 0 saturated carbocycles. The van der Waals surface area contributed by atoms with Crippen molar-refractivity contribution >= 4 is 10.8 Å². The lowest BCUT2D eigenvalue weighted by atomic mass is 10.2. The Morgan fingerprint density at radius 3 is 2.53 bits per heavy atom. The van der Waals surface area contributed by atoms with Gasteiger partial charge in [0.25, 0.3) is 0 Å². The molecule has 0 radical (unpaired) electrons. The Hall–Kier alpha value is -0.670. The Bertz CT molecular complexity index is 351. The molecule has 0 aromatic heterocycles. The molecule has 3 heteroatoms. The second-order valence-electron chi connectivity index (χ2n) is 3.90. The van der Waals surface area contributed by atoms with Gasteiger partial charge in [-0.25, -0.2) is 0 Å². The van der Waals surface area contributed by atoms with Crippen molar-refractivity contribution < 1.29 is 4.21 Å². The molecule has 0 spiro atoms. The van der Waals surface area contributed by atoms with Crippen LogP contribution in [0.15, 0.2) is 29.2 Å². The van der Waals surface area contributed by atoms with Crippen molar-refractivity contribution in [1.82, 2.24) is 5.32 Å². The summed E-state index contributed by atoms with van der Waals surface area (Å²) in [6, 6.07) is 8.16. The maximum atomic E-state index is 12.2. The fourth-order valence-electron chi connectivity index (χ4n) is 1.38. The molecule has 1 rings (SSSR count). The van der Waals surface area contributed by atoms with E-state index in [-0.39, 0.29) is 11.3 Å². The molecule has 1 aromatic rings. The monoisotopic (exact) mass is 225 g/mol. The second kappa shape index (κ2) is 5.42. The third-order valence-electron chi connectivity index (χ3n) is 2.72. The predicted octanol–water partition coefficient (Wildman–Crippen LogP) is 2.10. The van der Waals surface area contributed by atoms with Crippen molar-refractivity contribution in [3.05, 3.63) is 29.8 Å². The summed E-state index contributed by atoms with van der Waals surface area (Å²) in [6.45, 7) is 6.09. The Labute approximate surface area is 94.5 Å². The lowest BCUT2D eigenvalue weighted by Crippen LogP contribution is -2.35. The SMILES string of the molecule is CNC(C)C(C)S(=O)c1cccc(C)c1. The molecule has 0 fully saturated rings. The first-order valence-electron chi connectivity index (χ1n) is 5.20. The largest absolute Gasteiger partial charge is 0.316 e. The van der Waals surface area contributed by atoms with E-state index in [1.165, 1.54) is 0 Å². The van der Waals surface area contributed by atoms with Crippen molar-refractivity contribution in [2.24, 2.45) is 0 Å². The van der Waals surface area contributed by atoms with Crippen molar-refractivity contribution in [2.75, 3.05) is 7.05 Å². The van der Waals surface area contributed by atoms with Crippen LogP contribution in [0.2, 0.25) is 0 Å². The first-order chi connectivity index (χ1) is 7.06. The summed E-state index contributed by atoms with van der Waals surface area (Å²) in [5.74, 6) is 0. The van der Waals surface area contributed by atoms with Crippen LogP contribution in [0.1, 0.15) is 19.4 Å². The second-order valence-corrected chi connectivity index (χ2v) is 5.71. The molecule has 0 saturated heterocycles. The minimum absolute atomic E-state index is 0.122. The van der Waals surface area contributed by atoms with Gasteiger partial charge in [-0.2, -0.15) is 0 Å². The summed E-state index contributed by atoms with van der Waals surface area (Å²) in [7, 11) is 0.967. The lowest BCUT2D eigenvalue weighted by molar-refractivity contribution is 0.584. The van der Waals surface area contributed by atoms with Crippen LogP contribution in [0.25, 0.3) is 0 Å². The van der Waals surface area contributed by atoms with Gasteiger partial charge in [0, 0.05) is 10.9 Å². The maximum absolute atomic E-state index is 12.2. The number of aryl methyl sites for hydroxylation is 1. The van der Waals surface area contributed by atoms with Gasteiger partial charge in [0.1, 0.15) is 0 Å². The molecule has 0 amide bonds. The molecule has 2 nitrogen and oxygen atoms in total. The molecule has 15 heavy (non-hydrogen) atoms. The van der Waals surface area contributed by atoms with Gasteiger partial charge in [0.2, 0.25) is 0 Å². The molecule has 0 heterocycles. The standard InChI is InChI=1S/C12H19NOS/c1-9-6-5-7-12(8-9)15(14)11(3)10(2)13-4/h5-8,10-11,13H,1-4H3. The molecule has 0 aliphatic heterocycles. The summed E-state index contributed by atoms with van der Waals surface area (Å²) in [4.78, 5) is 0.921. The third kappa shape index (κ3) is 3.14. The highest BCUT2D eigenvalue weighted by atomic mass is 32.2. The normalized spacial score (nSPS) is 17.1. The third-order valence-corrected chi connectivity index (χ3v) is 4.52. The fourth-order valence-corrected chi connectivity index (χ4v) is 2.83. The smallest absolute Gasteiger partial charge is 0.0573 e. The van der Waals surface area contributed by atoms with Crippen LogP contribution < -0.4 is 5.32 Å². The Kier molecular flexibility index (Phi) is 4.48. The summed E-state index contributed by atoms with van der Waals surface area (Å²) in [6.07, 6.45) is 0. The van der Waals surface area contributed by atoms with Gasteiger partial charge in [-0.1, -0.05) is 12.1 Å². The van der Waals surface area contributed by atoms with Crippen LogP contribution in [0, 0.1) is 6.92 Å². The van der Waals surface area contributed by atoms with E-state index in [2.05, 4.69) is 12.2 Å². The number of rotatable bonds is 4. The Morgan fingerprint density at radius 2 is 2.00 bits per heavy atom.